The summed E-state index contributed by atoms with van der Waals surface area (Å²) in [5.74, 6) is -0.364. The average molecular weight is 576 g/mol. The SMILES string of the molecule is COC(=O)c1ccc(-c2cnn3cc(-c4ccc(N5C[C@@H]6C[C@H]5CN6C(=O)OC(C)(C)C)cc4)cnc23)c2ccccc12. The number of amides is 1. The van der Waals surface area contributed by atoms with Gasteiger partial charge in [0.2, 0.25) is 0 Å². The van der Waals surface area contributed by atoms with Crippen molar-refractivity contribution in [3.8, 4) is 22.3 Å². The van der Waals surface area contributed by atoms with Crippen LogP contribution in [0.1, 0.15) is 37.6 Å². The highest BCUT2D eigenvalue weighted by atomic mass is 16.6. The van der Waals surface area contributed by atoms with Gasteiger partial charge in [-0.2, -0.15) is 5.10 Å². The summed E-state index contributed by atoms with van der Waals surface area (Å²) >= 11 is 0. The second-order valence-electron chi connectivity index (χ2n) is 12.2. The smallest absolute Gasteiger partial charge is 0.410 e. The van der Waals surface area contributed by atoms with Crippen LogP contribution < -0.4 is 4.90 Å². The van der Waals surface area contributed by atoms with Gasteiger partial charge in [0, 0.05) is 48.3 Å². The van der Waals surface area contributed by atoms with E-state index in [4.69, 9.17) is 14.5 Å². The number of esters is 1. The van der Waals surface area contributed by atoms with Crippen molar-refractivity contribution >= 4 is 34.2 Å². The monoisotopic (exact) mass is 575 g/mol. The zero-order chi connectivity index (χ0) is 29.9. The van der Waals surface area contributed by atoms with Crippen molar-refractivity contribution in [2.24, 2.45) is 0 Å². The van der Waals surface area contributed by atoms with E-state index in [1.165, 1.54) is 7.11 Å². The van der Waals surface area contributed by atoms with E-state index in [9.17, 15) is 9.59 Å². The van der Waals surface area contributed by atoms with Crippen LogP contribution in [0.4, 0.5) is 10.5 Å². The lowest BCUT2D eigenvalue weighted by atomic mass is 9.96. The third-order valence-corrected chi connectivity index (χ3v) is 8.38. The molecular weight excluding hydrogens is 542 g/mol. The largest absolute Gasteiger partial charge is 0.465 e. The third kappa shape index (κ3) is 4.74. The first-order valence-corrected chi connectivity index (χ1v) is 14.5. The minimum absolute atomic E-state index is 0.175. The molecule has 0 N–H and O–H groups in total. The van der Waals surface area contributed by atoms with Crippen molar-refractivity contribution in [3.05, 3.63) is 84.8 Å². The number of carbonyl (C=O) groups excluding carboxylic acids is 2. The molecule has 9 heteroatoms. The molecule has 2 aliphatic rings. The molecule has 2 atom stereocenters. The topological polar surface area (TPSA) is 89.3 Å². The van der Waals surface area contributed by atoms with Crippen LogP contribution in [0, 0.1) is 0 Å². The quantitative estimate of drug-likeness (QED) is 0.236. The Morgan fingerprint density at radius 3 is 2.33 bits per heavy atom. The molecule has 2 saturated heterocycles. The number of fused-ring (bicyclic) bond motifs is 4. The molecule has 5 aromatic rings. The predicted octanol–water partition coefficient (Wildman–Crippen LogP) is 6.20. The van der Waals surface area contributed by atoms with Crippen molar-refractivity contribution in [3.63, 3.8) is 0 Å². The van der Waals surface area contributed by atoms with E-state index in [2.05, 4.69) is 34.3 Å². The Balaban J connectivity index is 1.11. The Bertz CT molecular complexity index is 1870. The summed E-state index contributed by atoms with van der Waals surface area (Å²) in [5, 5.41) is 6.39. The van der Waals surface area contributed by atoms with E-state index >= 15 is 0 Å². The molecule has 3 aromatic carbocycles. The van der Waals surface area contributed by atoms with E-state index in [1.807, 2.05) is 74.6 Å². The first-order valence-electron chi connectivity index (χ1n) is 14.5. The molecule has 43 heavy (non-hydrogen) atoms. The molecule has 9 nitrogen and oxygen atoms in total. The van der Waals surface area contributed by atoms with E-state index < -0.39 is 5.60 Å². The Kier molecular flexibility index (Phi) is 6.34. The molecule has 2 aromatic heterocycles. The molecule has 0 radical (unpaired) electrons. The number of benzene rings is 3. The van der Waals surface area contributed by atoms with Gasteiger partial charge in [-0.15, -0.1) is 0 Å². The molecule has 0 saturated carbocycles. The highest BCUT2D eigenvalue weighted by Gasteiger charge is 2.46. The Morgan fingerprint density at radius 1 is 0.860 bits per heavy atom. The maximum atomic E-state index is 12.6. The second-order valence-corrected chi connectivity index (χ2v) is 12.2. The van der Waals surface area contributed by atoms with Gasteiger partial charge in [-0.25, -0.2) is 19.1 Å². The number of piperazine rings is 1. The Labute approximate surface area is 249 Å². The summed E-state index contributed by atoms with van der Waals surface area (Å²) in [6.45, 7) is 7.20. The van der Waals surface area contributed by atoms with Crippen LogP contribution in [0.3, 0.4) is 0 Å². The van der Waals surface area contributed by atoms with Crippen LogP contribution in [0.15, 0.2) is 79.3 Å². The van der Waals surface area contributed by atoms with Gasteiger partial charge in [0.1, 0.15) is 5.60 Å². The maximum absolute atomic E-state index is 12.6. The molecule has 2 aliphatic heterocycles. The number of ether oxygens (including phenoxy) is 2. The zero-order valence-corrected chi connectivity index (χ0v) is 24.7. The minimum atomic E-state index is -0.490. The molecular formula is C34H33N5O4. The molecule has 7 rings (SSSR count). The van der Waals surface area contributed by atoms with Gasteiger partial charge in [0.25, 0.3) is 0 Å². The van der Waals surface area contributed by atoms with E-state index in [1.54, 1.807) is 10.6 Å². The number of likely N-dealkylation sites (tertiary alicyclic amines) is 1. The van der Waals surface area contributed by atoms with Crippen molar-refractivity contribution in [2.45, 2.75) is 44.9 Å². The normalized spacial score (nSPS) is 18.0. The number of carbonyl (C=O) groups is 2. The van der Waals surface area contributed by atoms with Crippen molar-refractivity contribution in [1.82, 2.24) is 19.5 Å². The summed E-state index contributed by atoms with van der Waals surface area (Å²) in [5.41, 5.74) is 5.76. The van der Waals surface area contributed by atoms with Crippen LogP contribution in [0.2, 0.25) is 0 Å². The van der Waals surface area contributed by atoms with Crippen LogP contribution in [-0.2, 0) is 9.47 Å². The summed E-state index contributed by atoms with van der Waals surface area (Å²) in [6.07, 6.45) is 6.42. The molecule has 0 aliphatic carbocycles. The summed E-state index contributed by atoms with van der Waals surface area (Å²) in [6, 6.07) is 20.5. The number of aromatic nitrogens is 3. The van der Waals surface area contributed by atoms with Crippen LogP contribution in [0.5, 0.6) is 0 Å². The molecule has 2 bridgehead atoms. The van der Waals surface area contributed by atoms with Crippen LogP contribution >= 0.6 is 0 Å². The first kappa shape index (κ1) is 26.9. The molecule has 218 valence electrons. The molecule has 2 fully saturated rings. The van der Waals surface area contributed by atoms with Gasteiger partial charge in [0.15, 0.2) is 5.65 Å². The van der Waals surface area contributed by atoms with Crippen molar-refractivity contribution < 1.29 is 19.1 Å². The highest BCUT2D eigenvalue weighted by Crippen LogP contribution is 2.37. The number of rotatable bonds is 4. The van der Waals surface area contributed by atoms with Crippen LogP contribution in [-0.4, -0.2) is 69.4 Å². The fourth-order valence-corrected chi connectivity index (χ4v) is 6.41. The number of nitrogens with zero attached hydrogens (tertiary/aromatic N) is 5. The van der Waals surface area contributed by atoms with Crippen LogP contribution in [0.25, 0.3) is 38.7 Å². The van der Waals surface area contributed by atoms with Gasteiger partial charge in [-0.1, -0.05) is 42.5 Å². The van der Waals surface area contributed by atoms with Gasteiger partial charge < -0.3 is 19.3 Å². The van der Waals surface area contributed by atoms with E-state index in [0.29, 0.717) is 18.2 Å². The fraction of sp³-hybridized carbons (Fsp3) is 0.294. The highest BCUT2D eigenvalue weighted by molar-refractivity contribution is 6.10. The number of anilines is 1. The number of methoxy groups -OCH3 is 1. The molecule has 0 unspecified atom stereocenters. The Hall–Kier alpha value is -4.92. The molecule has 0 spiro atoms. The summed E-state index contributed by atoms with van der Waals surface area (Å²) in [4.78, 5) is 34.1. The van der Waals surface area contributed by atoms with Crippen molar-refractivity contribution in [2.75, 3.05) is 25.1 Å². The first-order chi connectivity index (χ1) is 20.7. The van der Waals surface area contributed by atoms with Crippen molar-refractivity contribution in [1.29, 1.82) is 0 Å². The maximum Gasteiger partial charge on any atom is 0.410 e. The molecule has 1 amide bonds. The second kappa shape index (κ2) is 10.1. The lowest BCUT2D eigenvalue weighted by Gasteiger charge is -2.36. The zero-order valence-electron chi connectivity index (χ0n) is 24.7. The number of hydrogen-bond donors (Lipinski definition) is 0. The predicted molar refractivity (Wildman–Crippen MR) is 165 cm³/mol. The Morgan fingerprint density at radius 2 is 1.63 bits per heavy atom. The summed E-state index contributed by atoms with van der Waals surface area (Å²) < 4.78 is 12.4. The van der Waals surface area contributed by atoms with E-state index in [-0.39, 0.29) is 18.1 Å². The fourth-order valence-electron chi connectivity index (χ4n) is 6.41. The molecule has 4 heterocycles. The van der Waals surface area contributed by atoms with E-state index in [0.717, 1.165) is 57.3 Å². The van der Waals surface area contributed by atoms with Gasteiger partial charge in [-0.3, -0.25) is 0 Å². The lowest BCUT2D eigenvalue weighted by Crippen LogP contribution is -2.50. The summed E-state index contributed by atoms with van der Waals surface area (Å²) in [7, 11) is 1.39. The minimum Gasteiger partial charge on any atom is -0.465 e. The average Bonchev–Trinajstić information content (AvgIpc) is 3.74. The standard InChI is InChI=1S/C34H33N5O4/c1-34(2,3)43-33(41)38-20-24-15-25(38)19-37(24)23-11-9-21(10-12-23)22-16-35-31-30(17-36-39(31)18-22)28-13-14-29(32(40)42-4)27-8-6-5-7-26(27)28/h5-14,16-18,24-25H,15,19-20H2,1-4H3/t24-,25-/m0/s1. The lowest BCUT2D eigenvalue weighted by molar-refractivity contribution is 0.0214. The number of hydrogen-bond acceptors (Lipinski definition) is 7. The van der Waals surface area contributed by atoms with Gasteiger partial charge >= 0.3 is 12.1 Å². The third-order valence-electron chi connectivity index (χ3n) is 8.38. The van der Waals surface area contributed by atoms with Gasteiger partial charge in [-0.05, 0) is 67.3 Å². The van der Waals surface area contributed by atoms with Gasteiger partial charge in [0.05, 0.1) is 24.9 Å².